The van der Waals surface area contributed by atoms with Crippen LogP contribution in [0, 0.1) is 13.8 Å². The Morgan fingerprint density at radius 3 is 2.07 bits per heavy atom. The number of rotatable bonds is 3. The van der Waals surface area contributed by atoms with E-state index in [1.54, 1.807) is 16.4 Å². The maximum atomic E-state index is 13.2. The average molecular weight is 388 g/mol. The van der Waals surface area contributed by atoms with Crippen molar-refractivity contribution in [2.75, 3.05) is 19.0 Å². The molecule has 5 nitrogen and oxygen atoms in total. The fraction of sp³-hybridized carbons (Fsp3) is 0.476. The van der Waals surface area contributed by atoms with Gasteiger partial charge in [-0.1, -0.05) is 38.5 Å². The molecule has 2 aromatic rings. The first-order chi connectivity index (χ1) is 12.4. The standard InChI is InChI=1S/C21H29N3O2S/c1-14-8-10-16(11-9-14)27(25,26)24-12-17-15(2)20(23(6)7)22-19(18(17)13-24)21(3,4)5/h8-11H,12-13H2,1-7H3. The van der Waals surface area contributed by atoms with E-state index in [2.05, 4.69) is 20.8 Å². The highest BCUT2D eigenvalue weighted by Crippen LogP contribution is 2.39. The molecule has 2 heterocycles. The van der Waals surface area contributed by atoms with Gasteiger partial charge in [-0.15, -0.1) is 0 Å². The second-order valence-electron chi connectivity index (χ2n) is 8.60. The van der Waals surface area contributed by atoms with Crippen molar-refractivity contribution in [2.24, 2.45) is 0 Å². The largest absolute Gasteiger partial charge is 0.363 e. The van der Waals surface area contributed by atoms with E-state index in [1.165, 1.54) is 0 Å². The number of anilines is 1. The van der Waals surface area contributed by atoms with Crippen molar-refractivity contribution >= 4 is 15.8 Å². The van der Waals surface area contributed by atoms with E-state index in [9.17, 15) is 8.42 Å². The van der Waals surface area contributed by atoms with Gasteiger partial charge in [-0.05, 0) is 42.7 Å². The van der Waals surface area contributed by atoms with Crippen LogP contribution >= 0.6 is 0 Å². The molecule has 1 aromatic carbocycles. The highest BCUT2D eigenvalue weighted by molar-refractivity contribution is 7.89. The third-order valence-electron chi connectivity index (χ3n) is 5.12. The van der Waals surface area contributed by atoms with Crippen LogP contribution in [0.25, 0.3) is 0 Å². The van der Waals surface area contributed by atoms with Gasteiger partial charge in [0, 0.05) is 32.6 Å². The molecule has 0 N–H and O–H groups in total. The molecule has 0 amide bonds. The fourth-order valence-corrected chi connectivity index (χ4v) is 5.02. The van der Waals surface area contributed by atoms with Gasteiger partial charge in [0.05, 0.1) is 10.6 Å². The highest BCUT2D eigenvalue weighted by Gasteiger charge is 2.36. The number of nitrogens with zero attached hydrogens (tertiary/aromatic N) is 3. The molecule has 0 atom stereocenters. The van der Waals surface area contributed by atoms with Crippen LogP contribution in [-0.4, -0.2) is 31.8 Å². The zero-order chi connectivity index (χ0) is 20.1. The molecule has 0 spiro atoms. The summed E-state index contributed by atoms with van der Waals surface area (Å²) in [6, 6.07) is 7.06. The summed E-state index contributed by atoms with van der Waals surface area (Å²) in [5, 5.41) is 0. The third-order valence-corrected chi connectivity index (χ3v) is 6.92. The SMILES string of the molecule is Cc1ccc(S(=O)(=O)N2Cc3c(C(C)(C)C)nc(N(C)C)c(C)c3C2)cc1. The van der Waals surface area contributed by atoms with Gasteiger partial charge in [-0.3, -0.25) is 0 Å². The molecular formula is C21H29N3O2S. The van der Waals surface area contributed by atoms with E-state index in [-0.39, 0.29) is 5.41 Å². The molecule has 146 valence electrons. The Hall–Kier alpha value is -1.92. The van der Waals surface area contributed by atoms with Crippen LogP contribution in [0.15, 0.2) is 29.2 Å². The van der Waals surface area contributed by atoms with E-state index in [4.69, 9.17) is 4.98 Å². The van der Waals surface area contributed by atoms with Gasteiger partial charge in [-0.2, -0.15) is 4.31 Å². The molecule has 6 heteroatoms. The maximum Gasteiger partial charge on any atom is 0.243 e. The number of aromatic nitrogens is 1. The van der Waals surface area contributed by atoms with Gasteiger partial charge in [0.15, 0.2) is 0 Å². The Labute approximate surface area is 163 Å². The van der Waals surface area contributed by atoms with Gasteiger partial charge in [-0.25, -0.2) is 13.4 Å². The first-order valence-electron chi connectivity index (χ1n) is 9.20. The van der Waals surface area contributed by atoms with Crippen molar-refractivity contribution in [3.63, 3.8) is 0 Å². The summed E-state index contributed by atoms with van der Waals surface area (Å²) in [5.74, 6) is 0.910. The molecule has 0 saturated heterocycles. The lowest BCUT2D eigenvalue weighted by atomic mass is 9.86. The molecule has 0 saturated carbocycles. The smallest absolute Gasteiger partial charge is 0.243 e. The molecule has 0 bridgehead atoms. The maximum absolute atomic E-state index is 13.2. The van der Waals surface area contributed by atoms with Crippen LogP contribution < -0.4 is 4.90 Å². The Bertz CT molecular complexity index is 972. The van der Waals surface area contributed by atoms with Crippen LogP contribution in [0.4, 0.5) is 5.82 Å². The van der Waals surface area contributed by atoms with Crippen molar-refractivity contribution in [1.82, 2.24) is 9.29 Å². The third kappa shape index (κ3) is 3.48. The molecular weight excluding hydrogens is 358 g/mol. The number of sulfonamides is 1. The summed E-state index contributed by atoms with van der Waals surface area (Å²) in [6.45, 7) is 11.1. The highest BCUT2D eigenvalue weighted by atomic mass is 32.2. The number of hydrogen-bond acceptors (Lipinski definition) is 4. The van der Waals surface area contributed by atoms with E-state index in [0.29, 0.717) is 18.0 Å². The minimum atomic E-state index is -3.54. The lowest BCUT2D eigenvalue weighted by Crippen LogP contribution is -2.26. The van der Waals surface area contributed by atoms with Crippen LogP contribution in [0.1, 0.15) is 48.7 Å². The van der Waals surface area contributed by atoms with Crippen molar-refractivity contribution in [3.8, 4) is 0 Å². The van der Waals surface area contributed by atoms with Gasteiger partial charge >= 0.3 is 0 Å². The Balaban J connectivity index is 2.10. The molecule has 27 heavy (non-hydrogen) atoms. The first-order valence-corrected chi connectivity index (χ1v) is 10.6. The summed E-state index contributed by atoms with van der Waals surface area (Å²) in [7, 11) is 0.409. The molecule has 1 aliphatic heterocycles. The van der Waals surface area contributed by atoms with Crippen LogP contribution in [0.2, 0.25) is 0 Å². The Morgan fingerprint density at radius 1 is 1.00 bits per heavy atom. The minimum absolute atomic E-state index is 0.161. The van der Waals surface area contributed by atoms with Crippen molar-refractivity contribution in [3.05, 3.63) is 52.2 Å². The number of aryl methyl sites for hydroxylation is 1. The summed E-state index contributed by atoms with van der Waals surface area (Å²) in [6.07, 6.45) is 0. The Kier molecular flexibility index (Phi) is 4.85. The quantitative estimate of drug-likeness (QED) is 0.805. The summed E-state index contributed by atoms with van der Waals surface area (Å²) >= 11 is 0. The number of pyridine rings is 1. The van der Waals surface area contributed by atoms with Crippen molar-refractivity contribution in [1.29, 1.82) is 0 Å². The second kappa shape index (κ2) is 6.60. The van der Waals surface area contributed by atoms with Crippen molar-refractivity contribution in [2.45, 2.75) is 58.0 Å². The molecule has 1 aromatic heterocycles. The molecule has 0 aliphatic carbocycles. The number of benzene rings is 1. The zero-order valence-electron chi connectivity index (χ0n) is 17.3. The minimum Gasteiger partial charge on any atom is -0.363 e. The average Bonchev–Trinajstić information content (AvgIpc) is 3.00. The molecule has 0 radical (unpaired) electrons. The van der Waals surface area contributed by atoms with E-state index in [0.717, 1.165) is 33.8 Å². The topological polar surface area (TPSA) is 53.5 Å². The first kappa shape index (κ1) is 19.8. The van der Waals surface area contributed by atoms with Crippen LogP contribution in [0.3, 0.4) is 0 Å². The van der Waals surface area contributed by atoms with Gasteiger partial charge in [0.1, 0.15) is 5.82 Å². The van der Waals surface area contributed by atoms with Crippen LogP contribution in [-0.2, 0) is 28.5 Å². The lowest BCUT2D eigenvalue weighted by molar-refractivity contribution is 0.428. The summed E-state index contributed by atoms with van der Waals surface area (Å²) < 4.78 is 28.0. The number of fused-ring (bicyclic) bond motifs is 1. The summed E-state index contributed by atoms with van der Waals surface area (Å²) in [4.78, 5) is 7.27. The van der Waals surface area contributed by atoms with E-state index >= 15 is 0 Å². The summed E-state index contributed by atoms with van der Waals surface area (Å²) in [5.41, 5.74) is 5.07. The number of hydrogen-bond donors (Lipinski definition) is 0. The lowest BCUT2D eigenvalue weighted by Gasteiger charge is -2.26. The molecule has 0 unspecified atom stereocenters. The van der Waals surface area contributed by atoms with E-state index < -0.39 is 10.0 Å². The molecule has 3 rings (SSSR count). The Morgan fingerprint density at radius 2 is 1.56 bits per heavy atom. The molecule has 0 fully saturated rings. The zero-order valence-corrected chi connectivity index (χ0v) is 18.1. The fourth-order valence-electron chi connectivity index (χ4n) is 3.64. The van der Waals surface area contributed by atoms with E-state index in [1.807, 2.05) is 45.0 Å². The predicted octanol–water partition coefficient (Wildman–Crippen LogP) is 3.77. The normalized spacial score (nSPS) is 15.1. The molecule has 1 aliphatic rings. The second-order valence-corrected chi connectivity index (χ2v) is 10.5. The predicted molar refractivity (Wildman–Crippen MR) is 110 cm³/mol. The van der Waals surface area contributed by atoms with Gasteiger partial charge in [0.2, 0.25) is 10.0 Å². The van der Waals surface area contributed by atoms with Gasteiger partial charge in [0.25, 0.3) is 0 Å². The monoisotopic (exact) mass is 387 g/mol. The van der Waals surface area contributed by atoms with Gasteiger partial charge < -0.3 is 4.90 Å². The van der Waals surface area contributed by atoms with Crippen LogP contribution in [0.5, 0.6) is 0 Å². The van der Waals surface area contributed by atoms with Crippen molar-refractivity contribution < 1.29 is 8.42 Å².